The minimum Gasteiger partial charge on any atom is -0.247 e. The molecule has 0 spiro atoms. The van der Waals surface area contributed by atoms with Gasteiger partial charge in [-0.1, -0.05) is 0 Å². The average Bonchev–Trinajstić information content (AvgIpc) is 1.98. The Morgan fingerprint density at radius 2 is 2.09 bits per heavy atom. The number of carbonyl (C=O) groups excluding carboxylic acids is 1. The highest BCUT2D eigenvalue weighted by atomic mass is 19.1. The Balaban J connectivity index is 2.53. The lowest BCUT2D eigenvalue weighted by atomic mass is 9.93. The molecular formula is C7H9F2NO. The third-order valence-electron chi connectivity index (χ3n) is 1.89. The summed E-state index contributed by atoms with van der Waals surface area (Å²) in [4.78, 5) is 12.9. The average molecular weight is 161 g/mol. The summed E-state index contributed by atoms with van der Waals surface area (Å²) in [5, 5.41) is 0. The molecule has 1 rings (SSSR count). The van der Waals surface area contributed by atoms with Crippen LogP contribution >= 0.6 is 0 Å². The summed E-state index contributed by atoms with van der Waals surface area (Å²) in [6.45, 7) is 0. The maximum absolute atomic E-state index is 12.8. The summed E-state index contributed by atoms with van der Waals surface area (Å²) in [6.07, 6.45) is -0.487. The Bertz CT molecular complexity index is 179. The van der Waals surface area contributed by atoms with E-state index in [2.05, 4.69) is 4.99 Å². The first-order valence-corrected chi connectivity index (χ1v) is 3.59. The fraction of sp³-hybridized carbons (Fsp3) is 0.857. The summed E-state index contributed by atoms with van der Waals surface area (Å²) in [5.41, 5.74) is 0. The van der Waals surface area contributed by atoms with Gasteiger partial charge in [0, 0.05) is 6.42 Å². The van der Waals surface area contributed by atoms with Crippen LogP contribution in [0.25, 0.3) is 0 Å². The third-order valence-corrected chi connectivity index (χ3v) is 1.89. The molecule has 0 amide bonds. The maximum atomic E-state index is 12.8. The van der Waals surface area contributed by atoms with Crippen LogP contribution in [0.1, 0.15) is 19.3 Å². The Kier molecular flexibility index (Phi) is 2.71. The molecule has 0 heterocycles. The van der Waals surface area contributed by atoms with Gasteiger partial charge >= 0.3 is 0 Å². The highest BCUT2D eigenvalue weighted by Gasteiger charge is 2.30. The van der Waals surface area contributed by atoms with E-state index in [0.717, 1.165) is 0 Å². The van der Waals surface area contributed by atoms with Crippen LogP contribution in [-0.2, 0) is 4.79 Å². The number of aliphatic imine (C=N–C) groups is 1. The summed E-state index contributed by atoms with van der Waals surface area (Å²) in [6, 6.07) is -0.795. The molecule has 0 aromatic heterocycles. The van der Waals surface area contributed by atoms with Crippen molar-refractivity contribution in [2.24, 2.45) is 4.99 Å². The van der Waals surface area contributed by atoms with Crippen LogP contribution in [0, 0.1) is 0 Å². The highest BCUT2D eigenvalue weighted by Crippen LogP contribution is 2.25. The Hall–Kier alpha value is -0.760. The van der Waals surface area contributed by atoms with Gasteiger partial charge in [-0.25, -0.2) is 13.6 Å². The second-order valence-corrected chi connectivity index (χ2v) is 2.71. The van der Waals surface area contributed by atoms with Gasteiger partial charge in [-0.15, -0.1) is 0 Å². The predicted molar refractivity (Wildman–Crippen MR) is 35.6 cm³/mol. The summed E-state index contributed by atoms with van der Waals surface area (Å²) in [5.74, 6) is 0. The smallest absolute Gasteiger partial charge is 0.235 e. The van der Waals surface area contributed by atoms with Gasteiger partial charge in [-0.2, -0.15) is 4.99 Å². The second-order valence-electron chi connectivity index (χ2n) is 2.71. The molecule has 3 atom stereocenters. The minimum atomic E-state index is -1.16. The van der Waals surface area contributed by atoms with E-state index in [1.807, 2.05) is 0 Å². The number of alkyl halides is 2. The quantitative estimate of drug-likeness (QED) is 0.423. The van der Waals surface area contributed by atoms with Crippen LogP contribution in [-0.4, -0.2) is 24.5 Å². The van der Waals surface area contributed by atoms with Gasteiger partial charge in [0.2, 0.25) is 6.08 Å². The van der Waals surface area contributed by atoms with Crippen molar-refractivity contribution in [2.75, 3.05) is 0 Å². The first kappa shape index (κ1) is 8.34. The first-order chi connectivity index (χ1) is 5.24. The van der Waals surface area contributed by atoms with E-state index in [1.54, 1.807) is 0 Å². The van der Waals surface area contributed by atoms with Gasteiger partial charge in [0.05, 0.1) is 6.04 Å². The lowest BCUT2D eigenvalue weighted by molar-refractivity contribution is 0.146. The largest absolute Gasteiger partial charge is 0.247 e. The lowest BCUT2D eigenvalue weighted by Gasteiger charge is -2.23. The topological polar surface area (TPSA) is 29.4 Å². The molecule has 0 aliphatic heterocycles. The molecule has 3 unspecified atom stereocenters. The van der Waals surface area contributed by atoms with Gasteiger partial charge < -0.3 is 0 Å². The van der Waals surface area contributed by atoms with Crippen molar-refractivity contribution < 1.29 is 13.6 Å². The van der Waals surface area contributed by atoms with Crippen molar-refractivity contribution in [3.63, 3.8) is 0 Å². The van der Waals surface area contributed by atoms with Crippen molar-refractivity contribution in [1.82, 2.24) is 0 Å². The van der Waals surface area contributed by atoms with Gasteiger partial charge in [0.15, 0.2) is 0 Å². The molecule has 0 aromatic rings. The van der Waals surface area contributed by atoms with Gasteiger partial charge in [0.25, 0.3) is 0 Å². The molecule has 1 aliphatic carbocycles. The van der Waals surface area contributed by atoms with Crippen molar-refractivity contribution in [2.45, 2.75) is 37.6 Å². The van der Waals surface area contributed by atoms with Crippen molar-refractivity contribution >= 4 is 6.08 Å². The maximum Gasteiger partial charge on any atom is 0.235 e. The zero-order chi connectivity index (χ0) is 8.27. The van der Waals surface area contributed by atoms with E-state index in [4.69, 9.17) is 0 Å². The second kappa shape index (κ2) is 3.58. The Labute approximate surface area is 63.3 Å². The van der Waals surface area contributed by atoms with E-state index >= 15 is 0 Å². The molecule has 1 aliphatic rings. The van der Waals surface area contributed by atoms with Gasteiger partial charge in [-0.3, -0.25) is 0 Å². The Morgan fingerprint density at radius 3 is 2.73 bits per heavy atom. The molecule has 1 saturated carbocycles. The van der Waals surface area contributed by atoms with Crippen LogP contribution in [0.5, 0.6) is 0 Å². The van der Waals surface area contributed by atoms with E-state index in [0.29, 0.717) is 0 Å². The molecule has 0 saturated heterocycles. The van der Waals surface area contributed by atoms with Crippen LogP contribution in [0.3, 0.4) is 0 Å². The monoisotopic (exact) mass is 161 g/mol. The van der Waals surface area contributed by atoms with Crippen LogP contribution in [0.15, 0.2) is 4.99 Å². The van der Waals surface area contributed by atoms with E-state index in [-0.39, 0.29) is 19.3 Å². The highest BCUT2D eigenvalue weighted by molar-refractivity contribution is 5.33. The minimum absolute atomic E-state index is 0.0242. The molecular weight excluding hydrogens is 152 g/mol. The first-order valence-electron chi connectivity index (χ1n) is 3.59. The number of hydrogen-bond acceptors (Lipinski definition) is 2. The molecule has 1 fully saturated rings. The van der Waals surface area contributed by atoms with Crippen molar-refractivity contribution in [1.29, 1.82) is 0 Å². The fourth-order valence-electron chi connectivity index (χ4n) is 1.26. The molecule has 11 heavy (non-hydrogen) atoms. The molecule has 0 radical (unpaired) electrons. The van der Waals surface area contributed by atoms with Crippen LogP contribution in [0.2, 0.25) is 0 Å². The van der Waals surface area contributed by atoms with Crippen molar-refractivity contribution in [3.8, 4) is 0 Å². The molecule has 2 nitrogen and oxygen atoms in total. The molecule has 0 bridgehead atoms. The normalized spacial score (nSPS) is 37.8. The molecule has 4 heteroatoms. The zero-order valence-electron chi connectivity index (χ0n) is 5.96. The van der Waals surface area contributed by atoms with E-state index in [9.17, 15) is 13.6 Å². The molecule has 62 valence electrons. The number of nitrogens with zero attached hydrogens (tertiary/aromatic N) is 1. The van der Waals surface area contributed by atoms with Gasteiger partial charge in [-0.05, 0) is 12.8 Å². The number of isocyanates is 1. The summed E-state index contributed by atoms with van der Waals surface area (Å²) < 4.78 is 25.3. The molecule has 0 aromatic carbocycles. The van der Waals surface area contributed by atoms with Gasteiger partial charge in [0.1, 0.15) is 12.3 Å². The molecule has 0 N–H and O–H groups in total. The van der Waals surface area contributed by atoms with Crippen LogP contribution < -0.4 is 0 Å². The van der Waals surface area contributed by atoms with Crippen molar-refractivity contribution in [3.05, 3.63) is 0 Å². The third kappa shape index (κ3) is 2.09. The lowest BCUT2D eigenvalue weighted by Crippen LogP contribution is -2.30. The number of hydrogen-bond donors (Lipinski definition) is 0. The number of rotatable bonds is 1. The van der Waals surface area contributed by atoms with E-state index in [1.165, 1.54) is 6.08 Å². The summed E-state index contributed by atoms with van der Waals surface area (Å²) >= 11 is 0. The standard InChI is InChI=1S/C7H9F2NO/c8-5-1-2-6(9)7(3-5)10-4-11/h5-7H,1-3H2. The van der Waals surface area contributed by atoms with Crippen LogP contribution in [0.4, 0.5) is 8.78 Å². The fourth-order valence-corrected chi connectivity index (χ4v) is 1.26. The Morgan fingerprint density at radius 1 is 1.36 bits per heavy atom. The predicted octanol–water partition coefficient (Wildman–Crippen LogP) is 1.55. The van der Waals surface area contributed by atoms with E-state index < -0.39 is 18.4 Å². The SMILES string of the molecule is O=C=NC1CC(F)CCC1F. The zero-order valence-corrected chi connectivity index (χ0v) is 5.96. The summed E-state index contributed by atoms with van der Waals surface area (Å²) in [7, 11) is 0. The number of halogens is 2.